The van der Waals surface area contributed by atoms with Crippen LogP contribution in [0.1, 0.15) is 5.56 Å². The lowest BCUT2D eigenvalue weighted by Crippen LogP contribution is -2.00. The molecule has 0 aliphatic carbocycles. The van der Waals surface area contributed by atoms with Crippen LogP contribution < -0.4 is 11.5 Å². The highest BCUT2D eigenvalue weighted by Gasteiger charge is 2.04. The van der Waals surface area contributed by atoms with Gasteiger partial charge in [0, 0.05) is 11.6 Å². The molecule has 0 aromatic carbocycles. The van der Waals surface area contributed by atoms with Gasteiger partial charge in [-0.25, -0.2) is 9.97 Å². The van der Waals surface area contributed by atoms with Crippen molar-refractivity contribution in [1.29, 1.82) is 5.26 Å². The van der Waals surface area contributed by atoms with Crippen molar-refractivity contribution in [3.63, 3.8) is 0 Å². The minimum Gasteiger partial charge on any atom is -0.383 e. The predicted molar refractivity (Wildman–Crippen MR) is 50.9 cm³/mol. The van der Waals surface area contributed by atoms with E-state index in [9.17, 15) is 0 Å². The van der Waals surface area contributed by atoms with Crippen LogP contribution in [0, 0.1) is 11.3 Å². The second-order valence-corrected chi connectivity index (χ2v) is 2.67. The first kappa shape index (κ1) is 8.19. The Morgan fingerprint density at radius 2 is 2.07 bits per heavy atom. The van der Waals surface area contributed by atoms with Gasteiger partial charge in [-0.3, -0.25) is 0 Å². The molecule has 0 fully saturated rings. The van der Waals surface area contributed by atoms with Crippen LogP contribution in [-0.4, -0.2) is 15.0 Å². The summed E-state index contributed by atoms with van der Waals surface area (Å²) in [5.41, 5.74) is 11.6. The summed E-state index contributed by atoms with van der Waals surface area (Å²) in [7, 11) is 0. The van der Waals surface area contributed by atoms with E-state index in [0.29, 0.717) is 16.6 Å². The van der Waals surface area contributed by atoms with Crippen molar-refractivity contribution in [2.45, 2.75) is 0 Å². The van der Waals surface area contributed by atoms with Crippen LogP contribution in [0.15, 0.2) is 12.3 Å². The van der Waals surface area contributed by atoms with E-state index in [4.69, 9.17) is 16.7 Å². The lowest BCUT2D eigenvalue weighted by atomic mass is 10.2. The van der Waals surface area contributed by atoms with Crippen molar-refractivity contribution < 1.29 is 0 Å². The van der Waals surface area contributed by atoms with Gasteiger partial charge in [-0.15, -0.1) is 0 Å². The molecule has 0 radical (unpaired) electrons. The zero-order chi connectivity index (χ0) is 10.1. The van der Waals surface area contributed by atoms with Crippen molar-refractivity contribution in [3.8, 4) is 6.07 Å². The fourth-order valence-corrected chi connectivity index (χ4v) is 1.08. The van der Waals surface area contributed by atoms with Crippen molar-refractivity contribution in [2.24, 2.45) is 0 Å². The summed E-state index contributed by atoms with van der Waals surface area (Å²) < 4.78 is 0. The second-order valence-electron chi connectivity index (χ2n) is 2.67. The lowest BCUT2D eigenvalue weighted by molar-refractivity contribution is 1.20. The van der Waals surface area contributed by atoms with E-state index in [1.54, 1.807) is 6.07 Å². The Morgan fingerprint density at radius 3 is 2.79 bits per heavy atom. The average Bonchev–Trinajstić information content (AvgIpc) is 2.16. The van der Waals surface area contributed by atoms with Crippen LogP contribution in [0.3, 0.4) is 0 Å². The Balaban J connectivity index is 2.81. The first-order chi connectivity index (χ1) is 6.70. The van der Waals surface area contributed by atoms with Gasteiger partial charge >= 0.3 is 0 Å². The van der Waals surface area contributed by atoms with Crippen LogP contribution >= 0.6 is 0 Å². The summed E-state index contributed by atoms with van der Waals surface area (Å²) in [6.45, 7) is 0. The number of hydrogen-bond donors (Lipinski definition) is 2. The van der Waals surface area contributed by atoms with Crippen molar-refractivity contribution in [2.75, 3.05) is 11.5 Å². The summed E-state index contributed by atoms with van der Waals surface area (Å²) in [5.74, 6) is 0.284. The normalized spacial score (nSPS) is 9.93. The Bertz CT molecular complexity index is 541. The summed E-state index contributed by atoms with van der Waals surface area (Å²) in [4.78, 5) is 11.6. The highest BCUT2D eigenvalue weighted by molar-refractivity contribution is 5.79. The number of anilines is 2. The van der Waals surface area contributed by atoms with E-state index < -0.39 is 0 Å². The molecule has 14 heavy (non-hydrogen) atoms. The largest absolute Gasteiger partial charge is 0.383 e. The number of nitrogens with two attached hydrogens (primary N) is 2. The van der Waals surface area contributed by atoms with Crippen LogP contribution in [0.25, 0.3) is 11.0 Å². The highest BCUT2D eigenvalue weighted by atomic mass is 15.0. The first-order valence-corrected chi connectivity index (χ1v) is 3.79. The van der Waals surface area contributed by atoms with Gasteiger partial charge in [0.25, 0.3) is 0 Å². The Hall–Kier alpha value is -2.42. The zero-order valence-corrected chi connectivity index (χ0v) is 7.10. The van der Waals surface area contributed by atoms with Gasteiger partial charge < -0.3 is 11.5 Å². The van der Waals surface area contributed by atoms with Gasteiger partial charge in [0.15, 0.2) is 5.65 Å². The van der Waals surface area contributed by atoms with Gasteiger partial charge in [-0.1, -0.05) is 0 Å². The molecule has 2 aromatic rings. The van der Waals surface area contributed by atoms with Gasteiger partial charge in [0.1, 0.15) is 11.9 Å². The molecule has 4 N–H and O–H groups in total. The molecule has 0 atom stereocenters. The standard InChI is InChI=1S/C8H6N6/c9-2-4-1-5-3-12-8(11)14-7(5)13-6(4)10/h1,3H,(H4,10,11,12,13,14). The molecule has 0 unspecified atom stereocenters. The molecule has 2 aromatic heterocycles. The smallest absolute Gasteiger partial charge is 0.222 e. The van der Waals surface area contributed by atoms with Gasteiger partial charge in [0.2, 0.25) is 5.95 Å². The van der Waals surface area contributed by atoms with Gasteiger partial charge in [0.05, 0.1) is 5.56 Å². The molecule has 6 heteroatoms. The van der Waals surface area contributed by atoms with E-state index in [-0.39, 0.29) is 11.8 Å². The summed E-state index contributed by atoms with van der Waals surface area (Å²) in [6.07, 6.45) is 1.50. The van der Waals surface area contributed by atoms with E-state index >= 15 is 0 Å². The molecule has 0 amide bonds. The molecule has 0 saturated carbocycles. The third kappa shape index (κ3) is 1.17. The SMILES string of the molecule is N#Cc1cc2cnc(N)nc2nc1N. The van der Waals surface area contributed by atoms with Crippen molar-refractivity contribution >= 4 is 22.8 Å². The Labute approximate surface area is 79.2 Å². The van der Waals surface area contributed by atoms with E-state index in [2.05, 4.69) is 15.0 Å². The number of nitrogen functional groups attached to an aromatic ring is 2. The molecule has 0 aliphatic heterocycles. The molecule has 2 heterocycles. The maximum atomic E-state index is 8.70. The third-order valence-corrected chi connectivity index (χ3v) is 1.74. The van der Waals surface area contributed by atoms with Crippen LogP contribution in [0.5, 0.6) is 0 Å². The quantitative estimate of drug-likeness (QED) is 0.601. The van der Waals surface area contributed by atoms with Gasteiger partial charge in [-0.2, -0.15) is 10.2 Å². The van der Waals surface area contributed by atoms with Gasteiger partial charge in [-0.05, 0) is 6.07 Å². The number of rotatable bonds is 0. The predicted octanol–water partition coefficient (Wildman–Crippen LogP) is 0.0609. The molecule has 0 spiro atoms. The van der Waals surface area contributed by atoms with Crippen LogP contribution in [0.4, 0.5) is 11.8 Å². The zero-order valence-electron chi connectivity index (χ0n) is 7.10. The number of fused-ring (bicyclic) bond motifs is 1. The Kier molecular flexibility index (Phi) is 1.65. The molecule has 68 valence electrons. The fourth-order valence-electron chi connectivity index (χ4n) is 1.08. The summed E-state index contributed by atoms with van der Waals surface area (Å²) in [5, 5.41) is 9.34. The van der Waals surface area contributed by atoms with Crippen LogP contribution in [-0.2, 0) is 0 Å². The molecule has 0 saturated heterocycles. The summed E-state index contributed by atoms with van der Waals surface area (Å²) in [6, 6.07) is 3.51. The molecular formula is C8H6N6. The lowest BCUT2D eigenvalue weighted by Gasteiger charge is -1.99. The average molecular weight is 186 g/mol. The third-order valence-electron chi connectivity index (χ3n) is 1.74. The minimum atomic E-state index is 0.133. The van der Waals surface area contributed by atoms with Crippen molar-refractivity contribution in [3.05, 3.63) is 17.8 Å². The molecule has 6 nitrogen and oxygen atoms in total. The van der Waals surface area contributed by atoms with Crippen molar-refractivity contribution in [1.82, 2.24) is 15.0 Å². The number of nitriles is 1. The number of pyridine rings is 1. The number of aromatic nitrogens is 3. The minimum absolute atomic E-state index is 0.133. The van der Waals surface area contributed by atoms with E-state index in [1.165, 1.54) is 6.20 Å². The maximum absolute atomic E-state index is 8.70. The second kappa shape index (κ2) is 2.81. The van der Waals surface area contributed by atoms with E-state index in [1.807, 2.05) is 6.07 Å². The highest BCUT2D eigenvalue weighted by Crippen LogP contribution is 2.15. The van der Waals surface area contributed by atoms with E-state index in [0.717, 1.165) is 0 Å². The molecule has 2 rings (SSSR count). The maximum Gasteiger partial charge on any atom is 0.222 e. The topological polar surface area (TPSA) is 114 Å². The Morgan fingerprint density at radius 1 is 1.29 bits per heavy atom. The first-order valence-electron chi connectivity index (χ1n) is 3.79. The molecular weight excluding hydrogens is 180 g/mol. The summed E-state index contributed by atoms with van der Waals surface area (Å²) >= 11 is 0. The molecule has 0 aliphatic rings. The van der Waals surface area contributed by atoms with Crippen LogP contribution in [0.2, 0.25) is 0 Å². The fraction of sp³-hybridized carbons (Fsp3) is 0. The monoisotopic (exact) mass is 186 g/mol. The number of hydrogen-bond acceptors (Lipinski definition) is 6. The molecule has 0 bridgehead atoms. The number of nitrogens with zero attached hydrogens (tertiary/aromatic N) is 4.